The van der Waals surface area contributed by atoms with E-state index in [-0.39, 0.29) is 48.0 Å². The average molecular weight is 1220 g/mol. The number of rotatable bonds is 18. The molecule has 3 aliphatic rings. The van der Waals surface area contributed by atoms with Crippen molar-refractivity contribution in [1.82, 2.24) is 41.0 Å². The Morgan fingerprint density at radius 2 is 1.46 bits per heavy atom. The predicted octanol–water partition coefficient (Wildman–Crippen LogP) is 6.58. The van der Waals surface area contributed by atoms with Crippen LogP contribution in [0.1, 0.15) is 118 Å². The number of piperidine rings is 1. The molecule has 452 valence electrons. The molecule has 20 nitrogen and oxygen atoms in total. The number of alkyl halides is 2. The second kappa shape index (κ2) is 25.6. The molecule has 8 atom stereocenters. The molecule has 3 unspecified atom stereocenters. The Balaban J connectivity index is 0.912. The molecule has 3 aromatic carbocycles. The lowest BCUT2D eigenvalue weighted by Gasteiger charge is -2.38. The van der Waals surface area contributed by atoms with Gasteiger partial charge in [-0.05, 0) is 77.8 Å². The van der Waals surface area contributed by atoms with Gasteiger partial charge < -0.3 is 55.6 Å². The number of benzene rings is 3. The van der Waals surface area contributed by atoms with Gasteiger partial charge in [-0.3, -0.25) is 38.1 Å². The third-order valence-electron chi connectivity index (χ3n) is 15.6. The van der Waals surface area contributed by atoms with E-state index in [1.54, 1.807) is 52.0 Å². The van der Waals surface area contributed by atoms with Crippen LogP contribution in [0.15, 0.2) is 84.4 Å². The van der Waals surface area contributed by atoms with Crippen molar-refractivity contribution in [3.05, 3.63) is 112 Å². The van der Waals surface area contributed by atoms with Crippen LogP contribution in [0.4, 0.5) is 8.78 Å². The predicted molar refractivity (Wildman–Crippen MR) is 313 cm³/mol. The SMILES string of the molecule is Cc1ncsc1-c1ccc(C(C)NC(=O)[C@@H]2C[C@@H](O)CN2C(=O)C(NC(=O)CNC(=O)CO[C@H]2C[C@@H](C(=O)N3CCC[C@H](c4ccccc4)C3)N(C(=O)C(NC(=O)c3cc4cc(C(F)(F)P(=O)(O)O)ccc4s3)C(C)(C)C)C2)C(C)(C)C)cc1. The third-order valence-corrected chi connectivity index (χ3v) is 18.7. The highest BCUT2D eigenvalue weighted by molar-refractivity contribution is 7.52. The lowest BCUT2D eigenvalue weighted by atomic mass is 9.85. The number of aliphatic hydroxyl groups is 1. The summed E-state index contributed by atoms with van der Waals surface area (Å²) < 4.78 is 47.4. The summed E-state index contributed by atoms with van der Waals surface area (Å²) in [5.74, 6) is -4.19. The number of carbonyl (C=O) groups is 7. The van der Waals surface area contributed by atoms with Crippen molar-refractivity contribution >= 4 is 81.7 Å². The number of fused-ring (bicyclic) bond motifs is 1. The molecule has 0 radical (unpaired) electrons. The number of nitrogens with zero attached hydrogens (tertiary/aromatic N) is 4. The largest absolute Gasteiger partial charge is 0.399 e. The van der Waals surface area contributed by atoms with Gasteiger partial charge in [0.05, 0.1) is 45.8 Å². The molecule has 8 rings (SSSR count). The number of amides is 7. The van der Waals surface area contributed by atoms with Gasteiger partial charge in [-0.25, -0.2) is 4.98 Å². The van der Waals surface area contributed by atoms with Crippen LogP contribution in [-0.2, 0) is 43.7 Å². The quantitative estimate of drug-likeness (QED) is 0.0457. The summed E-state index contributed by atoms with van der Waals surface area (Å²) in [6, 6.07) is 16.8. The Bertz CT molecular complexity index is 3310. The molecule has 3 saturated heterocycles. The second-order valence-electron chi connectivity index (χ2n) is 24.1. The minimum Gasteiger partial charge on any atom is -0.391 e. The van der Waals surface area contributed by atoms with Crippen LogP contribution in [-0.4, -0.2) is 152 Å². The fraction of sp³-hybridized carbons (Fsp3) is 0.492. The Morgan fingerprint density at radius 1 is 0.810 bits per heavy atom. The van der Waals surface area contributed by atoms with Crippen molar-refractivity contribution in [1.29, 1.82) is 0 Å². The van der Waals surface area contributed by atoms with E-state index >= 15 is 0 Å². The number of hydrogen-bond donors (Lipinski definition) is 7. The zero-order valence-electron chi connectivity index (χ0n) is 48.1. The maximum atomic E-state index is 15.0. The van der Waals surface area contributed by atoms with Gasteiger partial charge in [0.15, 0.2) is 0 Å². The van der Waals surface area contributed by atoms with Crippen LogP contribution in [0.3, 0.4) is 0 Å². The van der Waals surface area contributed by atoms with Crippen LogP contribution in [0.5, 0.6) is 0 Å². The van der Waals surface area contributed by atoms with Crippen molar-refractivity contribution in [3.63, 3.8) is 0 Å². The number of carbonyl (C=O) groups excluding carboxylic acids is 7. The zero-order chi connectivity index (χ0) is 61.2. The minimum atomic E-state index is -5.88. The third kappa shape index (κ3) is 14.6. The number of aromatic nitrogens is 1. The average Bonchev–Trinajstić information content (AvgIpc) is 2.79. The molecule has 5 aromatic rings. The molecule has 0 spiro atoms. The number of likely N-dealkylation sites (tertiary alicyclic amines) is 3. The number of aliphatic hydroxyl groups excluding tert-OH is 1. The summed E-state index contributed by atoms with van der Waals surface area (Å²) in [4.78, 5) is 127. The summed E-state index contributed by atoms with van der Waals surface area (Å²) >= 11 is 2.45. The summed E-state index contributed by atoms with van der Waals surface area (Å²) in [5.41, 5.74) is -1.71. The first kappa shape index (κ1) is 63.5. The summed E-state index contributed by atoms with van der Waals surface area (Å²) in [6.45, 7) is 13.4. The van der Waals surface area contributed by atoms with Gasteiger partial charge in [0, 0.05) is 55.2 Å². The highest BCUT2D eigenvalue weighted by atomic mass is 32.1. The highest BCUT2D eigenvalue weighted by Gasteiger charge is 2.51. The number of ether oxygens (including phenoxy) is 1. The molecule has 0 bridgehead atoms. The van der Waals surface area contributed by atoms with Crippen LogP contribution < -0.4 is 21.3 Å². The van der Waals surface area contributed by atoms with Crippen molar-refractivity contribution in [3.8, 4) is 10.4 Å². The topological polar surface area (TPSA) is 277 Å². The lowest BCUT2D eigenvalue weighted by Crippen LogP contribution is -2.58. The van der Waals surface area contributed by atoms with Gasteiger partial charge in [-0.2, -0.15) is 8.78 Å². The molecule has 0 aliphatic carbocycles. The monoisotopic (exact) mass is 1220 g/mol. The molecule has 3 aliphatic heterocycles. The maximum absolute atomic E-state index is 15.0. The number of nitrogens with one attached hydrogen (secondary N) is 4. The van der Waals surface area contributed by atoms with Crippen molar-refractivity contribution in [2.24, 2.45) is 10.8 Å². The Kier molecular flexibility index (Phi) is 19.3. The summed E-state index contributed by atoms with van der Waals surface area (Å²) in [6.07, 6.45) is -0.379. The molecular formula is C59H73F2N8O12PS2. The van der Waals surface area contributed by atoms with Gasteiger partial charge in [0.1, 0.15) is 30.8 Å². The standard InChI is InChI=1S/C59H73F2N8O12PS2/c1-33(35-16-18-37(19-17-35)49-34(2)63-32-83-49)64-52(73)43-25-41(70)29-68(43)55(76)50(57(3,4)5)65-47(71)27-62-48(72)31-81-42-26-44(54(75)67-22-12-15-38(28-67)36-13-10-9-11-14-36)69(30-42)56(77)51(58(6,7)8)66-53(74)46-24-39-23-40(20-21-45(39)84-46)59(60,61)82(78,79)80/h9-11,13-14,16-21,23-24,32-33,38,41-44,50-51,70H,12,15,22,25-31H2,1-8H3,(H,62,72)(H,64,73)(H,65,71)(H,66,74)(H2,78,79,80)/t33?,38-,41+,42-,43-,44-,50?,51?/m0/s1. The molecule has 7 amide bonds. The number of aryl methyl sites for hydroxylation is 1. The van der Waals surface area contributed by atoms with E-state index < -0.39 is 121 Å². The van der Waals surface area contributed by atoms with Crippen molar-refractivity contribution < 1.29 is 66.5 Å². The Labute approximate surface area is 494 Å². The molecule has 0 saturated carbocycles. The number of hydrogen-bond acceptors (Lipinski definition) is 13. The van der Waals surface area contributed by atoms with E-state index in [0.29, 0.717) is 24.2 Å². The summed E-state index contributed by atoms with van der Waals surface area (Å²) in [5, 5.41) is 21.9. The number of thiophene rings is 1. The molecule has 25 heteroatoms. The fourth-order valence-electron chi connectivity index (χ4n) is 11.0. The van der Waals surface area contributed by atoms with E-state index in [0.717, 1.165) is 57.2 Å². The zero-order valence-corrected chi connectivity index (χ0v) is 50.6. The van der Waals surface area contributed by atoms with Gasteiger partial charge in [-0.1, -0.05) is 102 Å². The maximum Gasteiger partial charge on any atom is 0.399 e. The second-order valence-corrected chi connectivity index (χ2v) is 27.7. The van der Waals surface area contributed by atoms with E-state index in [2.05, 4.69) is 26.3 Å². The van der Waals surface area contributed by atoms with Gasteiger partial charge in [0.25, 0.3) is 5.91 Å². The van der Waals surface area contributed by atoms with Crippen molar-refractivity contribution in [2.75, 3.05) is 39.3 Å². The van der Waals surface area contributed by atoms with Crippen LogP contribution in [0.2, 0.25) is 0 Å². The van der Waals surface area contributed by atoms with E-state index in [1.807, 2.05) is 68.4 Å². The van der Waals surface area contributed by atoms with Gasteiger partial charge in [0.2, 0.25) is 35.4 Å². The van der Waals surface area contributed by atoms with Crippen molar-refractivity contribution in [2.45, 2.75) is 135 Å². The molecule has 3 fully saturated rings. The normalized spacial score (nSPS) is 20.7. The van der Waals surface area contributed by atoms with Gasteiger partial charge >= 0.3 is 13.3 Å². The number of thiazole rings is 1. The first-order chi connectivity index (χ1) is 39.4. The smallest absolute Gasteiger partial charge is 0.391 e. The summed E-state index contributed by atoms with van der Waals surface area (Å²) in [7, 11) is -5.88. The first-order valence-electron chi connectivity index (χ1n) is 27.8. The molecule has 84 heavy (non-hydrogen) atoms. The fourth-order valence-corrected chi connectivity index (χ4v) is 13.2. The van der Waals surface area contributed by atoms with Gasteiger partial charge in [-0.15, -0.1) is 22.7 Å². The Hall–Kier alpha value is -6.53. The lowest BCUT2D eigenvalue weighted by molar-refractivity contribution is -0.147. The molecular weight excluding hydrogens is 1150 g/mol. The number of β-amino-alcohol motifs (C(OH)–C–C–N with tert-alkyl or cyclic N) is 1. The highest BCUT2D eigenvalue weighted by Crippen LogP contribution is 2.59. The minimum absolute atomic E-state index is 0.0186. The first-order valence-corrected chi connectivity index (χ1v) is 31.1. The van der Waals surface area contributed by atoms with E-state index in [4.69, 9.17) is 4.74 Å². The number of halogens is 2. The van der Waals surface area contributed by atoms with E-state index in [1.165, 1.54) is 33.3 Å². The van der Waals surface area contributed by atoms with E-state index in [9.17, 15) is 61.8 Å². The molecule has 7 N–H and O–H groups in total. The Morgan fingerprint density at radius 3 is 2.10 bits per heavy atom. The molecule has 5 heterocycles. The van der Waals surface area contributed by atoms with Crippen LogP contribution in [0, 0.1) is 17.8 Å². The van der Waals surface area contributed by atoms with Crippen LogP contribution in [0.25, 0.3) is 20.5 Å². The molecule has 2 aromatic heterocycles. The van der Waals surface area contributed by atoms with Crippen LogP contribution >= 0.6 is 30.3 Å².